The third-order valence-corrected chi connectivity index (χ3v) is 3.81. The Kier molecular flexibility index (Phi) is 4.18. The normalized spacial score (nSPS) is 16.4. The summed E-state index contributed by atoms with van der Waals surface area (Å²) in [6.45, 7) is 7.14. The van der Waals surface area contributed by atoms with E-state index in [9.17, 15) is 9.59 Å². The maximum atomic E-state index is 12.7. The lowest BCUT2D eigenvalue weighted by molar-refractivity contribution is -0.153. The standard InChI is InChI=1S/C19H21NO4/c1-11(2)23-18(21)15-10-14-7-5-6-13-8-9-20(16(13)14)17(15)19(22)24-12(3)4/h5-12,17H,1-4H3. The van der Waals surface area contributed by atoms with E-state index in [-0.39, 0.29) is 12.2 Å². The van der Waals surface area contributed by atoms with Crippen molar-refractivity contribution in [1.29, 1.82) is 0 Å². The van der Waals surface area contributed by atoms with E-state index in [0.717, 1.165) is 16.5 Å². The van der Waals surface area contributed by atoms with Gasteiger partial charge in [0.2, 0.25) is 0 Å². The Morgan fingerprint density at radius 2 is 1.75 bits per heavy atom. The van der Waals surface area contributed by atoms with Crippen molar-refractivity contribution in [3.63, 3.8) is 0 Å². The van der Waals surface area contributed by atoms with Gasteiger partial charge in [0, 0.05) is 11.6 Å². The van der Waals surface area contributed by atoms with E-state index in [0.29, 0.717) is 5.57 Å². The first-order chi connectivity index (χ1) is 11.4. The summed E-state index contributed by atoms with van der Waals surface area (Å²) in [5.74, 6) is -0.948. The Morgan fingerprint density at radius 3 is 2.42 bits per heavy atom. The van der Waals surface area contributed by atoms with Crippen LogP contribution >= 0.6 is 0 Å². The molecule has 1 aromatic heterocycles. The summed E-state index contributed by atoms with van der Waals surface area (Å²) in [6.07, 6.45) is 3.03. The molecule has 2 heterocycles. The first kappa shape index (κ1) is 16.3. The number of ether oxygens (including phenoxy) is 2. The number of nitrogens with zero attached hydrogens (tertiary/aromatic N) is 1. The van der Waals surface area contributed by atoms with Crippen molar-refractivity contribution in [2.24, 2.45) is 0 Å². The average Bonchev–Trinajstić information content (AvgIpc) is 2.91. The number of hydrogen-bond donors (Lipinski definition) is 0. The molecular formula is C19H21NO4. The largest absolute Gasteiger partial charge is 0.461 e. The second-order valence-electron chi connectivity index (χ2n) is 6.45. The fourth-order valence-corrected chi connectivity index (χ4v) is 2.97. The van der Waals surface area contributed by atoms with Crippen molar-refractivity contribution in [1.82, 2.24) is 4.57 Å². The summed E-state index contributed by atoms with van der Waals surface area (Å²) in [7, 11) is 0. The fraction of sp³-hybridized carbons (Fsp3) is 0.368. The smallest absolute Gasteiger partial charge is 0.337 e. The molecule has 1 aliphatic heterocycles. The van der Waals surface area contributed by atoms with E-state index in [4.69, 9.17) is 9.47 Å². The molecule has 0 fully saturated rings. The van der Waals surface area contributed by atoms with E-state index in [1.807, 2.05) is 30.5 Å². The molecule has 3 rings (SSSR count). The van der Waals surface area contributed by atoms with Crippen LogP contribution in [0.4, 0.5) is 0 Å². The van der Waals surface area contributed by atoms with Crippen LogP contribution in [0.25, 0.3) is 17.0 Å². The molecule has 0 radical (unpaired) electrons. The van der Waals surface area contributed by atoms with Gasteiger partial charge >= 0.3 is 11.9 Å². The highest BCUT2D eigenvalue weighted by atomic mass is 16.6. The van der Waals surface area contributed by atoms with Crippen LogP contribution in [0.2, 0.25) is 0 Å². The summed E-state index contributed by atoms with van der Waals surface area (Å²) < 4.78 is 12.5. The molecular weight excluding hydrogens is 306 g/mol. The Labute approximate surface area is 140 Å². The molecule has 0 aliphatic carbocycles. The predicted octanol–water partition coefficient (Wildman–Crippen LogP) is 3.48. The zero-order chi connectivity index (χ0) is 17.4. The minimum atomic E-state index is -0.828. The third kappa shape index (κ3) is 2.82. The summed E-state index contributed by atoms with van der Waals surface area (Å²) >= 11 is 0. The van der Waals surface area contributed by atoms with Gasteiger partial charge in [-0.2, -0.15) is 0 Å². The molecule has 0 bridgehead atoms. The molecule has 126 valence electrons. The summed E-state index contributed by atoms with van der Waals surface area (Å²) in [6, 6.07) is 6.93. The zero-order valence-electron chi connectivity index (χ0n) is 14.3. The molecule has 0 N–H and O–H groups in total. The number of carbonyl (C=O) groups is 2. The van der Waals surface area contributed by atoms with Crippen molar-refractivity contribution in [3.05, 3.63) is 41.6 Å². The lowest BCUT2D eigenvalue weighted by Gasteiger charge is -2.26. The minimum Gasteiger partial charge on any atom is -0.461 e. The highest BCUT2D eigenvalue weighted by molar-refractivity contribution is 6.06. The van der Waals surface area contributed by atoms with Crippen LogP contribution in [-0.2, 0) is 19.1 Å². The van der Waals surface area contributed by atoms with E-state index >= 15 is 0 Å². The highest BCUT2D eigenvalue weighted by Crippen LogP contribution is 2.36. The first-order valence-electron chi connectivity index (χ1n) is 8.11. The molecule has 0 saturated heterocycles. The molecule has 5 nitrogen and oxygen atoms in total. The monoisotopic (exact) mass is 327 g/mol. The van der Waals surface area contributed by atoms with Gasteiger partial charge in [-0.25, -0.2) is 9.59 Å². The molecule has 0 amide bonds. The lowest BCUT2D eigenvalue weighted by Crippen LogP contribution is -2.31. The molecule has 1 aromatic carbocycles. The van der Waals surface area contributed by atoms with Crippen molar-refractivity contribution in [2.45, 2.75) is 45.9 Å². The molecule has 1 atom stereocenters. The van der Waals surface area contributed by atoms with E-state index in [1.54, 1.807) is 38.3 Å². The average molecular weight is 327 g/mol. The Balaban J connectivity index is 2.12. The molecule has 2 aromatic rings. The second-order valence-corrected chi connectivity index (χ2v) is 6.45. The second kappa shape index (κ2) is 6.15. The predicted molar refractivity (Wildman–Crippen MR) is 91.4 cm³/mol. The Bertz CT molecular complexity index is 829. The molecule has 0 saturated carbocycles. The lowest BCUT2D eigenvalue weighted by atomic mass is 9.98. The summed E-state index contributed by atoms with van der Waals surface area (Å²) in [5.41, 5.74) is 2.11. The molecule has 1 unspecified atom stereocenters. The van der Waals surface area contributed by atoms with Crippen LogP contribution in [0.3, 0.4) is 0 Å². The molecule has 0 spiro atoms. The Morgan fingerprint density at radius 1 is 1.04 bits per heavy atom. The van der Waals surface area contributed by atoms with Gasteiger partial charge in [-0.1, -0.05) is 18.2 Å². The molecule has 5 heteroatoms. The Hall–Kier alpha value is -2.56. The maximum absolute atomic E-state index is 12.7. The van der Waals surface area contributed by atoms with Gasteiger partial charge in [0.25, 0.3) is 0 Å². The maximum Gasteiger partial charge on any atom is 0.337 e. The van der Waals surface area contributed by atoms with Gasteiger partial charge in [0.1, 0.15) is 0 Å². The van der Waals surface area contributed by atoms with E-state index in [1.165, 1.54) is 0 Å². The molecule has 24 heavy (non-hydrogen) atoms. The van der Waals surface area contributed by atoms with Crippen molar-refractivity contribution >= 4 is 28.9 Å². The SMILES string of the molecule is CC(C)OC(=O)C1=Cc2cccc3ccn(c23)C1C(=O)OC(C)C. The topological polar surface area (TPSA) is 57.5 Å². The van der Waals surface area contributed by atoms with E-state index < -0.39 is 18.0 Å². The zero-order valence-corrected chi connectivity index (χ0v) is 14.3. The number of hydrogen-bond acceptors (Lipinski definition) is 4. The van der Waals surface area contributed by atoms with Gasteiger partial charge in [0.15, 0.2) is 6.04 Å². The van der Waals surface area contributed by atoms with Crippen LogP contribution in [-0.4, -0.2) is 28.7 Å². The number of para-hydroxylation sites is 1. The van der Waals surface area contributed by atoms with Crippen LogP contribution < -0.4 is 0 Å². The first-order valence-corrected chi connectivity index (χ1v) is 8.11. The fourth-order valence-electron chi connectivity index (χ4n) is 2.97. The molecule has 1 aliphatic rings. The quantitative estimate of drug-likeness (QED) is 0.807. The van der Waals surface area contributed by atoms with E-state index in [2.05, 4.69) is 0 Å². The van der Waals surface area contributed by atoms with Crippen molar-refractivity contribution in [3.8, 4) is 0 Å². The van der Waals surface area contributed by atoms with Crippen LogP contribution in [0.5, 0.6) is 0 Å². The van der Waals surface area contributed by atoms with Crippen LogP contribution in [0.1, 0.15) is 39.3 Å². The van der Waals surface area contributed by atoms with Gasteiger partial charge in [-0.3, -0.25) is 0 Å². The van der Waals surface area contributed by atoms with Gasteiger partial charge in [-0.05, 0) is 45.4 Å². The third-order valence-electron chi connectivity index (χ3n) is 3.81. The number of rotatable bonds is 4. The van der Waals surface area contributed by atoms with Gasteiger partial charge in [0.05, 0.1) is 23.3 Å². The van der Waals surface area contributed by atoms with Crippen molar-refractivity contribution < 1.29 is 19.1 Å². The number of carbonyl (C=O) groups excluding carboxylic acids is 2. The number of benzene rings is 1. The summed E-state index contributed by atoms with van der Waals surface area (Å²) in [5, 5.41) is 1.02. The number of esters is 2. The van der Waals surface area contributed by atoms with Gasteiger partial charge in [-0.15, -0.1) is 0 Å². The van der Waals surface area contributed by atoms with Gasteiger partial charge < -0.3 is 14.0 Å². The number of aromatic nitrogens is 1. The minimum absolute atomic E-state index is 0.261. The van der Waals surface area contributed by atoms with Crippen LogP contribution in [0.15, 0.2) is 36.0 Å². The summed E-state index contributed by atoms with van der Waals surface area (Å²) in [4.78, 5) is 25.2. The van der Waals surface area contributed by atoms with Crippen LogP contribution in [0, 0.1) is 0 Å². The highest BCUT2D eigenvalue weighted by Gasteiger charge is 2.36. The van der Waals surface area contributed by atoms with Crippen molar-refractivity contribution in [2.75, 3.05) is 0 Å².